The fourth-order valence-corrected chi connectivity index (χ4v) is 2.20. The number of fused-ring (bicyclic) bond motifs is 1. The highest BCUT2D eigenvalue weighted by molar-refractivity contribution is 5.77. The van der Waals surface area contributed by atoms with E-state index in [1.165, 1.54) is 30.4 Å². The number of nitrogens with one attached hydrogen (secondary N) is 1. The summed E-state index contributed by atoms with van der Waals surface area (Å²) in [7, 11) is 0. The van der Waals surface area contributed by atoms with Gasteiger partial charge in [0.15, 0.2) is 0 Å². The topological polar surface area (TPSA) is 64.4 Å². The fourth-order valence-electron chi connectivity index (χ4n) is 2.20. The Morgan fingerprint density at radius 3 is 3.00 bits per heavy atom. The van der Waals surface area contributed by atoms with Crippen LogP contribution in [0.5, 0.6) is 5.75 Å². The average Bonchev–Trinajstić information content (AvgIpc) is 2.85. The average molecular weight is 248 g/mol. The van der Waals surface area contributed by atoms with Gasteiger partial charge >= 0.3 is 0 Å². The van der Waals surface area contributed by atoms with Gasteiger partial charge < -0.3 is 15.8 Å². The molecule has 1 aromatic carbocycles. The van der Waals surface area contributed by atoms with E-state index in [0.29, 0.717) is 13.2 Å². The molecular weight excluding hydrogens is 228 g/mol. The van der Waals surface area contributed by atoms with Crippen LogP contribution in [0.2, 0.25) is 0 Å². The molecule has 1 aliphatic rings. The van der Waals surface area contributed by atoms with Crippen LogP contribution < -0.4 is 15.8 Å². The lowest BCUT2D eigenvalue weighted by Crippen LogP contribution is -2.31. The number of carbonyl (C=O) groups is 1. The molecule has 0 atom stereocenters. The van der Waals surface area contributed by atoms with Gasteiger partial charge in [0.25, 0.3) is 0 Å². The Morgan fingerprint density at radius 2 is 2.17 bits per heavy atom. The van der Waals surface area contributed by atoms with Crippen LogP contribution in [0, 0.1) is 0 Å². The Morgan fingerprint density at radius 1 is 1.33 bits per heavy atom. The summed E-state index contributed by atoms with van der Waals surface area (Å²) in [5, 5.41) is 2.72. The highest BCUT2D eigenvalue weighted by Crippen LogP contribution is 2.25. The number of rotatable bonds is 6. The van der Waals surface area contributed by atoms with Crippen LogP contribution in [0.4, 0.5) is 0 Å². The Balaban J connectivity index is 1.69. The smallest absolute Gasteiger partial charge is 0.233 e. The summed E-state index contributed by atoms with van der Waals surface area (Å²) >= 11 is 0. The van der Waals surface area contributed by atoms with Crippen LogP contribution in [0.25, 0.3) is 0 Å². The number of ether oxygens (including phenoxy) is 1. The lowest BCUT2D eigenvalue weighted by Gasteiger charge is -2.08. The minimum atomic E-state index is -0.118. The van der Waals surface area contributed by atoms with E-state index < -0.39 is 0 Å². The Hall–Kier alpha value is -1.55. The van der Waals surface area contributed by atoms with Gasteiger partial charge in [0, 0.05) is 6.54 Å². The maximum Gasteiger partial charge on any atom is 0.233 e. The quantitative estimate of drug-likeness (QED) is 0.739. The third kappa shape index (κ3) is 3.47. The van der Waals surface area contributed by atoms with Crippen molar-refractivity contribution in [2.45, 2.75) is 25.7 Å². The second-order valence-corrected chi connectivity index (χ2v) is 4.54. The van der Waals surface area contributed by atoms with Gasteiger partial charge in [0.2, 0.25) is 5.91 Å². The zero-order valence-corrected chi connectivity index (χ0v) is 10.6. The first-order valence-electron chi connectivity index (χ1n) is 6.51. The first-order chi connectivity index (χ1) is 8.79. The van der Waals surface area contributed by atoms with Crippen molar-refractivity contribution in [3.8, 4) is 5.75 Å². The number of aryl methyl sites for hydroxylation is 2. The molecule has 1 amide bonds. The Kier molecular flexibility index (Phi) is 4.59. The molecule has 98 valence electrons. The summed E-state index contributed by atoms with van der Waals surface area (Å²) in [6.45, 7) is 1.27. The zero-order valence-electron chi connectivity index (χ0n) is 10.6. The van der Waals surface area contributed by atoms with Crippen molar-refractivity contribution in [1.29, 1.82) is 0 Å². The molecule has 0 saturated carbocycles. The molecule has 0 aliphatic heterocycles. The molecule has 0 aromatic heterocycles. The van der Waals surface area contributed by atoms with Crippen LogP contribution in [-0.4, -0.2) is 25.6 Å². The normalized spacial score (nSPS) is 13.2. The van der Waals surface area contributed by atoms with Crippen molar-refractivity contribution >= 4 is 5.91 Å². The molecule has 3 N–H and O–H groups in total. The monoisotopic (exact) mass is 248 g/mol. The van der Waals surface area contributed by atoms with Gasteiger partial charge in [-0.2, -0.15) is 0 Å². The summed E-state index contributed by atoms with van der Waals surface area (Å²) in [6.07, 6.45) is 4.41. The molecule has 0 saturated heterocycles. The predicted molar refractivity (Wildman–Crippen MR) is 70.6 cm³/mol. The molecular formula is C14H20N2O2. The minimum Gasteiger partial charge on any atom is -0.494 e. The third-order valence-corrected chi connectivity index (χ3v) is 3.17. The summed E-state index contributed by atoms with van der Waals surface area (Å²) < 4.78 is 5.66. The highest BCUT2D eigenvalue weighted by atomic mass is 16.5. The SMILES string of the molecule is NCC(=O)NCCCOc1ccc2c(c1)CCC2. The second-order valence-electron chi connectivity index (χ2n) is 4.54. The number of hydrogen-bond donors (Lipinski definition) is 2. The molecule has 0 spiro atoms. The van der Waals surface area contributed by atoms with Gasteiger partial charge in [-0.15, -0.1) is 0 Å². The van der Waals surface area contributed by atoms with E-state index in [9.17, 15) is 4.79 Å². The molecule has 1 aromatic rings. The highest BCUT2D eigenvalue weighted by Gasteiger charge is 2.10. The molecule has 1 aliphatic carbocycles. The lowest BCUT2D eigenvalue weighted by molar-refractivity contribution is -0.119. The van der Waals surface area contributed by atoms with Gasteiger partial charge in [-0.3, -0.25) is 4.79 Å². The van der Waals surface area contributed by atoms with Crippen molar-refractivity contribution in [3.05, 3.63) is 29.3 Å². The second kappa shape index (κ2) is 6.40. The number of benzene rings is 1. The van der Waals surface area contributed by atoms with Gasteiger partial charge in [0.1, 0.15) is 5.75 Å². The minimum absolute atomic E-state index is 0.0473. The third-order valence-electron chi connectivity index (χ3n) is 3.17. The van der Waals surface area contributed by atoms with Crippen LogP contribution in [0.3, 0.4) is 0 Å². The molecule has 0 radical (unpaired) electrons. The lowest BCUT2D eigenvalue weighted by atomic mass is 10.1. The van der Waals surface area contributed by atoms with E-state index in [1.54, 1.807) is 0 Å². The van der Waals surface area contributed by atoms with Gasteiger partial charge in [-0.05, 0) is 48.9 Å². The zero-order chi connectivity index (χ0) is 12.8. The molecule has 4 heteroatoms. The van der Waals surface area contributed by atoms with Crippen LogP contribution >= 0.6 is 0 Å². The molecule has 18 heavy (non-hydrogen) atoms. The number of hydrogen-bond acceptors (Lipinski definition) is 3. The number of carbonyl (C=O) groups excluding carboxylic acids is 1. The van der Waals surface area contributed by atoms with Crippen molar-refractivity contribution in [2.75, 3.05) is 19.7 Å². The van der Waals surface area contributed by atoms with Crippen LogP contribution in [0.15, 0.2) is 18.2 Å². The Bertz CT molecular complexity index is 418. The standard InChI is InChI=1S/C14H20N2O2/c15-10-14(17)16-7-2-8-18-13-6-5-11-3-1-4-12(11)9-13/h5-6,9H,1-4,7-8,10,15H2,(H,16,17). The molecule has 0 unspecified atom stereocenters. The molecule has 2 rings (SSSR count). The van der Waals surface area contributed by atoms with Gasteiger partial charge in [-0.1, -0.05) is 6.07 Å². The van der Waals surface area contributed by atoms with Crippen molar-refractivity contribution in [2.24, 2.45) is 5.73 Å². The van der Waals surface area contributed by atoms with Crippen LogP contribution in [-0.2, 0) is 17.6 Å². The summed E-state index contributed by atoms with van der Waals surface area (Å²) in [4.78, 5) is 10.9. The summed E-state index contributed by atoms with van der Waals surface area (Å²) in [5.74, 6) is 0.813. The number of nitrogens with two attached hydrogens (primary N) is 1. The van der Waals surface area contributed by atoms with Crippen LogP contribution in [0.1, 0.15) is 24.0 Å². The van der Waals surface area contributed by atoms with E-state index >= 15 is 0 Å². The van der Waals surface area contributed by atoms with E-state index in [4.69, 9.17) is 10.5 Å². The largest absolute Gasteiger partial charge is 0.494 e. The maximum atomic E-state index is 10.9. The van der Waals surface area contributed by atoms with Crippen molar-refractivity contribution in [3.63, 3.8) is 0 Å². The van der Waals surface area contributed by atoms with E-state index in [1.807, 2.05) is 6.07 Å². The maximum absolute atomic E-state index is 10.9. The molecule has 0 heterocycles. The van der Waals surface area contributed by atoms with Gasteiger partial charge in [0.05, 0.1) is 13.2 Å². The summed E-state index contributed by atoms with van der Waals surface area (Å²) in [6, 6.07) is 6.33. The molecule has 4 nitrogen and oxygen atoms in total. The first kappa shape index (κ1) is 12.9. The summed E-state index contributed by atoms with van der Waals surface area (Å²) in [5.41, 5.74) is 8.06. The number of amides is 1. The van der Waals surface area contributed by atoms with E-state index in [2.05, 4.69) is 17.4 Å². The van der Waals surface area contributed by atoms with Crippen molar-refractivity contribution in [1.82, 2.24) is 5.32 Å². The van der Waals surface area contributed by atoms with Gasteiger partial charge in [-0.25, -0.2) is 0 Å². The first-order valence-corrected chi connectivity index (χ1v) is 6.51. The van der Waals surface area contributed by atoms with E-state index in [0.717, 1.165) is 12.2 Å². The van der Waals surface area contributed by atoms with Crippen molar-refractivity contribution < 1.29 is 9.53 Å². The van der Waals surface area contributed by atoms with E-state index in [-0.39, 0.29) is 12.5 Å². The molecule has 0 bridgehead atoms. The predicted octanol–water partition coefficient (Wildman–Crippen LogP) is 1.02. The Labute approximate surface area is 108 Å². The fraction of sp³-hybridized carbons (Fsp3) is 0.500. The molecule has 0 fully saturated rings.